The second-order valence-corrected chi connectivity index (χ2v) is 7.89. The Morgan fingerprint density at radius 1 is 1.30 bits per heavy atom. The monoisotopic (exact) mass is 383 g/mol. The molecule has 6 heteroatoms. The van der Waals surface area contributed by atoms with Crippen molar-refractivity contribution in [1.82, 2.24) is 9.88 Å². The van der Waals surface area contributed by atoms with Crippen molar-refractivity contribution in [2.24, 2.45) is 0 Å². The maximum Gasteiger partial charge on any atom is 0.236 e. The highest BCUT2D eigenvalue weighted by atomic mass is 32.1. The summed E-state index contributed by atoms with van der Waals surface area (Å²) in [6.07, 6.45) is 2.36. The van der Waals surface area contributed by atoms with E-state index in [2.05, 4.69) is 33.8 Å². The van der Waals surface area contributed by atoms with Gasteiger partial charge in [0.15, 0.2) is 0 Å². The molecular formula is C21H25N3O2S. The second-order valence-electron chi connectivity index (χ2n) is 6.95. The number of aromatic nitrogens is 1. The number of anilines is 1. The molecule has 3 heterocycles. The molecule has 3 aromatic rings. The average Bonchev–Trinajstić information content (AvgIpc) is 3.33. The van der Waals surface area contributed by atoms with E-state index in [4.69, 9.17) is 14.1 Å². The standard InChI is InChI=1S/C21H25N3O2S/c1-15-19(23-21(26-15)20-6-4-12-27-20)14-24-11-3-5-17(13-24)22-16-7-9-18(25-2)10-8-16/h4,6-10,12,17,22H,3,5,11,13-14H2,1-2H3/t17-/m0/s1. The molecule has 0 spiro atoms. The maximum atomic E-state index is 5.89. The van der Waals surface area contributed by atoms with Gasteiger partial charge in [-0.3, -0.25) is 4.90 Å². The Labute approximate surface area is 164 Å². The van der Waals surface area contributed by atoms with Gasteiger partial charge in [0.25, 0.3) is 0 Å². The topological polar surface area (TPSA) is 50.5 Å². The van der Waals surface area contributed by atoms with Crippen molar-refractivity contribution in [3.63, 3.8) is 0 Å². The molecule has 0 bridgehead atoms. The molecule has 1 saturated heterocycles. The first-order chi connectivity index (χ1) is 13.2. The summed E-state index contributed by atoms with van der Waals surface area (Å²) in [7, 11) is 1.69. The zero-order chi connectivity index (χ0) is 18.6. The van der Waals surface area contributed by atoms with Crippen LogP contribution in [0.5, 0.6) is 5.75 Å². The summed E-state index contributed by atoms with van der Waals surface area (Å²) in [4.78, 5) is 8.29. The van der Waals surface area contributed by atoms with E-state index >= 15 is 0 Å². The Bertz CT molecular complexity index is 858. The highest BCUT2D eigenvalue weighted by Crippen LogP contribution is 2.27. The number of hydrogen-bond donors (Lipinski definition) is 1. The molecule has 27 heavy (non-hydrogen) atoms. The molecule has 0 unspecified atom stereocenters. The quantitative estimate of drug-likeness (QED) is 0.663. The second kappa shape index (κ2) is 8.15. The predicted molar refractivity (Wildman–Crippen MR) is 109 cm³/mol. The Balaban J connectivity index is 1.38. The number of nitrogens with one attached hydrogen (secondary N) is 1. The number of piperidine rings is 1. The van der Waals surface area contributed by atoms with Gasteiger partial charge in [0.05, 0.1) is 17.7 Å². The summed E-state index contributed by atoms with van der Waals surface area (Å²) >= 11 is 1.66. The van der Waals surface area contributed by atoms with Crippen LogP contribution in [0.3, 0.4) is 0 Å². The fourth-order valence-corrected chi connectivity index (χ4v) is 4.18. The largest absolute Gasteiger partial charge is 0.497 e. The summed E-state index contributed by atoms with van der Waals surface area (Å²) in [5.41, 5.74) is 2.18. The summed E-state index contributed by atoms with van der Waals surface area (Å²) in [6, 6.07) is 12.7. The van der Waals surface area contributed by atoms with Crippen LogP contribution in [0.4, 0.5) is 5.69 Å². The van der Waals surface area contributed by atoms with Crippen molar-refractivity contribution >= 4 is 17.0 Å². The van der Waals surface area contributed by atoms with Gasteiger partial charge in [-0.2, -0.15) is 0 Å². The Morgan fingerprint density at radius 2 is 2.15 bits per heavy atom. The van der Waals surface area contributed by atoms with Crippen LogP contribution >= 0.6 is 11.3 Å². The van der Waals surface area contributed by atoms with Crippen molar-refractivity contribution in [3.8, 4) is 16.5 Å². The molecular weight excluding hydrogens is 358 g/mol. The van der Waals surface area contributed by atoms with Crippen LogP contribution in [-0.2, 0) is 6.54 Å². The molecule has 1 fully saturated rings. The molecule has 1 aliphatic rings. The van der Waals surface area contributed by atoms with Crippen LogP contribution in [0.25, 0.3) is 10.8 Å². The Morgan fingerprint density at radius 3 is 2.89 bits per heavy atom. The third-order valence-corrected chi connectivity index (χ3v) is 5.82. The zero-order valence-corrected chi connectivity index (χ0v) is 16.6. The minimum absolute atomic E-state index is 0.441. The maximum absolute atomic E-state index is 5.89. The zero-order valence-electron chi connectivity index (χ0n) is 15.8. The van der Waals surface area contributed by atoms with Gasteiger partial charge in [-0.1, -0.05) is 6.07 Å². The summed E-state index contributed by atoms with van der Waals surface area (Å²) in [5.74, 6) is 2.54. The minimum atomic E-state index is 0.441. The molecule has 1 atom stereocenters. The van der Waals surface area contributed by atoms with Crippen LogP contribution in [-0.4, -0.2) is 36.1 Å². The third-order valence-electron chi connectivity index (χ3n) is 4.96. The molecule has 4 rings (SSSR count). The molecule has 1 aliphatic heterocycles. The minimum Gasteiger partial charge on any atom is -0.497 e. The lowest BCUT2D eigenvalue weighted by Crippen LogP contribution is -2.41. The van der Waals surface area contributed by atoms with Crippen molar-refractivity contribution < 1.29 is 9.15 Å². The van der Waals surface area contributed by atoms with Crippen molar-refractivity contribution in [2.75, 3.05) is 25.5 Å². The molecule has 0 saturated carbocycles. The van der Waals surface area contributed by atoms with E-state index in [0.717, 1.165) is 53.3 Å². The van der Waals surface area contributed by atoms with E-state index in [-0.39, 0.29) is 0 Å². The van der Waals surface area contributed by atoms with Crippen LogP contribution in [0.15, 0.2) is 46.2 Å². The lowest BCUT2D eigenvalue weighted by Gasteiger charge is -2.33. The van der Waals surface area contributed by atoms with Gasteiger partial charge in [-0.05, 0) is 62.0 Å². The van der Waals surface area contributed by atoms with Crippen LogP contribution in [0.1, 0.15) is 24.3 Å². The van der Waals surface area contributed by atoms with E-state index in [0.29, 0.717) is 6.04 Å². The smallest absolute Gasteiger partial charge is 0.236 e. The number of thiophene rings is 1. The number of ether oxygens (including phenoxy) is 1. The number of benzene rings is 1. The normalized spacial score (nSPS) is 17.8. The Hall–Kier alpha value is -2.31. The number of likely N-dealkylation sites (tertiary alicyclic amines) is 1. The number of nitrogens with zero attached hydrogens (tertiary/aromatic N) is 2. The van der Waals surface area contributed by atoms with Gasteiger partial charge in [-0.15, -0.1) is 11.3 Å². The number of hydrogen-bond acceptors (Lipinski definition) is 6. The van der Waals surface area contributed by atoms with Crippen molar-refractivity contribution in [3.05, 3.63) is 53.2 Å². The third kappa shape index (κ3) is 4.34. The van der Waals surface area contributed by atoms with Crippen LogP contribution in [0.2, 0.25) is 0 Å². The molecule has 0 amide bonds. The van der Waals surface area contributed by atoms with Gasteiger partial charge in [0, 0.05) is 24.8 Å². The molecule has 1 aromatic carbocycles. The molecule has 1 N–H and O–H groups in total. The number of oxazole rings is 1. The van der Waals surface area contributed by atoms with E-state index in [1.807, 2.05) is 25.1 Å². The van der Waals surface area contributed by atoms with E-state index in [1.54, 1.807) is 18.4 Å². The first-order valence-electron chi connectivity index (χ1n) is 9.34. The van der Waals surface area contributed by atoms with Crippen molar-refractivity contribution in [1.29, 1.82) is 0 Å². The first kappa shape index (κ1) is 18.1. The number of rotatable bonds is 6. The van der Waals surface area contributed by atoms with E-state index < -0.39 is 0 Å². The summed E-state index contributed by atoms with van der Waals surface area (Å²) in [5, 5.41) is 5.70. The van der Waals surface area contributed by atoms with E-state index in [1.165, 1.54) is 12.8 Å². The first-order valence-corrected chi connectivity index (χ1v) is 10.2. The number of methoxy groups -OCH3 is 1. The molecule has 5 nitrogen and oxygen atoms in total. The summed E-state index contributed by atoms with van der Waals surface area (Å²) < 4.78 is 11.1. The highest BCUT2D eigenvalue weighted by molar-refractivity contribution is 7.13. The van der Waals surface area contributed by atoms with Gasteiger partial charge in [-0.25, -0.2) is 4.98 Å². The lowest BCUT2D eigenvalue weighted by molar-refractivity contribution is 0.206. The van der Waals surface area contributed by atoms with Gasteiger partial charge >= 0.3 is 0 Å². The van der Waals surface area contributed by atoms with E-state index in [9.17, 15) is 0 Å². The number of aryl methyl sites for hydroxylation is 1. The summed E-state index contributed by atoms with van der Waals surface area (Å²) in [6.45, 7) is 4.95. The fourth-order valence-electron chi connectivity index (χ4n) is 3.53. The highest BCUT2D eigenvalue weighted by Gasteiger charge is 2.22. The molecule has 142 valence electrons. The van der Waals surface area contributed by atoms with Gasteiger partial charge < -0.3 is 14.5 Å². The van der Waals surface area contributed by atoms with Gasteiger partial charge in [0.2, 0.25) is 5.89 Å². The SMILES string of the molecule is COc1ccc(N[C@H]2CCCN(Cc3nc(-c4cccs4)oc3C)C2)cc1. The van der Waals surface area contributed by atoms with Crippen LogP contribution in [0, 0.1) is 6.92 Å². The Kier molecular flexibility index (Phi) is 5.45. The molecule has 0 radical (unpaired) electrons. The predicted octanol–water partition coefficient (Wildman–Crippen LogP) is 4.80. The molecule has 0 aliphatic carbocycles. The van der Waals surface area contributed by atoms with Gasteiger partial charge in [0.1, 0.15) is 11.5 Å². The lowest BCUT2D eigenvalue weighted by atomic mass is 10.0. The average molecular weight is 384 g/mol. The fraction of sp³-hybridized carbons (Fsp3) is 0.381. The van der Waals surface area contributed by atoms with Crippen LogP contribution < -0.4 is 10.1 Å². The molecule has 2 aromatic heterocycles. The van der Waals surface area contributed by atoms with Crippen molar-refractivity contribution in [2.45, 2.75) is 32.4 Å².